The van der Waals surface area contributed by atoms with Gasteiger partial charge in [0, 0.05) is 17.6 Å². The third-order valence-electron chi connectivity index (χ3n) is 2.55. The number of carbonyl (C=O) groups is 1. The zero-order chi connectivity index (χ0) is 12.6. The van der Waals surface area contributed by atoms with Crippen molar-refractivity contribution in [1.29, 1.82) is 0 Å². The molecule has 0 atom stereocenters. The number of aromatic carboxylic acids is 1. The minimum absolute atomic E-state index is 0.106. The summed E-state index contributed by atoms with van der Waals surface area (Å²) in [4.78, 5) is 10.9. The van der Waals surface area contributed by atoms with Gasteiger partial charge in [-0.25, -0.2) is 9.18 Å². The second kappa shape index (κ2) is 4.22. The molecule has 0 fully saturated rings. The topological polar surface area (TPSA) is 42.2 Å². The van der Waals surface area contributed by atoms with Crippen molar-refractivity contribution in [2.24, 2.45) is 7.05 Å². The summed E-state index contributed by atoms with van der Waals surface area (Å²) in [5.41, 5.74) is 0.926. The second-order valence-electron chi connectivity index (χ2n) is 3.59. The largest absolute Gasteiger partial charge is 0.477 e. The lowest BCUT2D eigenvalue weighted by Crippen LogP contribution is -2.05. The van der Waals surface area contributed by atoms with Crippen LogP contribution < -0.4 is 0 Å². The van der Waals surface area contributed by atoms with E-state index in [1.165, 1.54) is 22.8 Å². The van der Waals surface area contributed by atoms with E-state index in [9.17, 15) is 9.18 Å². The maximum atomic E-state index is 13.7. The van der Waals surface area contributed by atoms with Crippen LogP contribution in [-0.4, -0.2) is 15.6 Å². The summed E-state index contributed by atoms with van der Waals surface area (Å²) in [6, 6.07) is 7.29. The summed E-state index contributed by atoms with van der Waals surface area (Å²) in [5, 5.41) is 9.21. The summed E-state index contributed by atoms with van der Waals surface area (Å²) in [7, 11) is 1.58. The second-order valence-corrected chi connectivity index (χ2v) is 4.03. The van der Waals surface area contributed by atoms with Gasteiger partial charge >= 0.3 is 5.97 Å². The number of rotatable bonds is 2. The minimum atomic E-state index is -1.05. The molecule has 0 aliphatic rings. The maximum Gasteiger partial charge on any atom is 0.352 e. The maximum absolute atomic E-state index is 13.7. The molecule has 2 aromatic rings. The number of halogens is 2. The SMILES string of the molecule is Cn1c(C(=O)O)ccc1-c1ccc(Cl)cc1F. The standard InChI is InChI=1S/C12H9ClFNO2/c1-15-10(4-5-11(15)12(16)17)8-3-2-7(13)6-9(8)14/h2-6H,1H3,(H,16,17). The highest BCUT2D eigenvalue weighted by Crippen LogP contribution is 2.26. The Morgan fingerprint density at radius 2 is 2.06 bits per heavy atom. The van der Waals surface area contributed by atoms with E-state index in [1.807, 2.05) is 0 Å². The van der Waals surface area contributed by atoms with Gasteiger partial charge in [-0.05, 0) is 30.3 Å². The number of carboxylic acids is 1. The van der Waals surface area contributed by atoms with Gasteiger partial charge in [0.2, 0.25) is 0 Å². The van der Waals surface area contributed by atoms with Crippen LogP contribution in [0.25, 0.3) is 11.3 Å². The highest BCUT2D eigenvalue weighted by atomic mass is 35.5. The number of benzene rings is 1. The van der Waals surface area contributed by atoms with Crippen LogP contribution in [0.3, 0.4) is 0 Å². The summed E-state index contributed by atoms with van der Waals surface area (Å²) >= 11 is 5.66. The van der Waals surface area contributed by atoms with E-state index in [-0.39, 0.29) is 5.69 Å². The van der Waals surface area contributed by atoms with Crippen molar-refractivity contribution < 1.29 is 14.3 Å². The third kappa shape index (κ3) is 2.03. The van der Waals surface area contributed by atoms with Crippen molar-refractivity contribution in [2.45, 2.75) is 0 Å². The average Bonchev–Trinajstić information content (AvgIpc) is 2.60. The molecular weight excluding hydrogens is 245 g/mol. The highest BCUT2D eigenvalue weighted by molar-refractivity contribution is 6.30. The van der Waals surface area contributed by atoms with Gasteiger partial charge in [0.25, 0.3) is 0 Å². The molecule has 0 aliphatic heterocycles. The molecule has 17 heavy (non-hydrogen) atoms. The number of aromatic nitrogens is 1. The van der Waals surface area contributed by atoms with E-state index in [0.29, 0.717) is 16.3 Å². The van der Waals surface area contributed by atoms with Crippen molar-refractivity contribution in [3.8, 4) is 11.3 Å². The predicted molar refractivity (Wildman–Crippen MR) is 62.8 cm³/mol. The van der Waals surface area contributed by atoms with E-state index in [0.717, 1.165) is 0 Å². The Bertz CT molecular complexity index is 592. The molecule has 0 bridgehead atoms. The highest BCUT2D eigenvalue weighted by Gasteiger charge is 2.14. The lowest BCUT2D eigenvalue weighted by molar-refractivity contribution is 0.0686. The molecule has 0 aliphatic carbocycles. The van der Waals surface area contributed by atoms with E-state index >= 15 is 0 Å². The third-order valence-corrected chi connectivity index (χ3v) is 2.78. The Hall–Kier alpha value is -1.81. The molecule has 0 unspecified atom stereocenters. The molecule has 0 spiro atoms. The molecule has 1 aromatic heterocycles. The fraction of sp³-hybridized carbons (Fsp3) is 0.0833. The van der Waals surface area contributed by atoms with Gasteiger partial charge in [-0.2, -0.15) is 0 Å². The molecule has 88 valence electrons. The first-order valence-electron chi connectivity index (χ1n) is 4.85. The summed E-state index contributed by atoms with van der Waals surface area (Å²) in [6.45, 7) is 0. The van der Waals surface area contributed by atoms with Gasteiger partial charge < -0.3 is 9.67 Å². The van der Waals surface area contributed by atoms with Gasteiger partial charge in [0.05, 0.1) is 5.69 Å². The Morgan fingerprint density at radius 1 is 1.35 bits per heavy atom. The number of carboxylic acid groups (broad SMARTS) is 1. The Kier molecular flexibility index (Phi) is 2.90. The van der Waals surface area contributed by atoms with E-state index in [1.54, 1.807) is 19.2 Å². The molecule has 1 heterocycles. The quantitative estimate of drug-likeness (QED) is 0.893. The van der Waals surface area contributed by atoms with Crippen molar-refractivity contribution in [3.05, 3.63) is 46.9 Å². The van der Waals surface area contributed by atoms with Crippen LogP contribution in [-0.2, 0) is 7.05 Å². The molecule has 0 saturated carbocycles. The first-order valence-corrected chi connectivity index (χ1v) is 5.23. The van der Waals surface area contributed by atoms with Crippen LogP contribution in [0.15, 0.2) is 30.3 Å². The summed E-state index contributed by atoms with van der Waals surface area (Å²) < 4.78 is 15.1. The van der Waals surface area contributed by atoms with Crippen molar-refractivity contribution in [2.75, 3.05) is 0 Å². The van der Waals surface area contributed by atoms with E-state index < -0.39 is 11.8 Å². The summed E-state index contributed by atoms with van der Waals surface area (Å²) in [6.07, 6.45) is 0. The number of nitrogens with zero attached hydrogens (tertiary/aromatic N) is 1. The van der Waals surface area contributed by atoms with Crippen LogP contribution >= 0.6 is 11.6 Å². The smallest absolute Gasteiger partial charge is 0.352 e. The first kappa shape index (κ1) is 11.7. The lowest BCUT2D eigenvalue weighted by atomic mass is 10.1. The Labute approximate surface area is 102 Å². The molecule has 2 rings (SSSR count). The fourth-order valence-corrected chi connectivity index (χ4v) is 1.85. The van der Waals surface area contributed by atoms with Crippen LogP contribution in [0.2, 0.25) is 5.02 Å². The zero-order valence-corrected chi connectivity index (χ0v) is 9.70. The van der Waals surface area contributed by atoms with Crippen LogP contribution in [0.4, 0.5) is 4.39 Å². The van der Waals surface area contributed by atoms with Gasteiger partial charge in [0.1, 0.15) is 11.5 Å². The molecule has 1 aromatic carbocycles. The molecule has 0 saturated heterocycles. The van der Waals surface area contributed by atoms with Crippen molar-refractivity contribution >= 4 is 17.6 Å². The average molecular weight is 254 g/mol. The summed E-state index contributed by atoms with van der Waals surface area (Å²) in [5.74, 6) is -1.52. The van der Waals surface area contributed by atoms with Gasteiger partial charge in [-0.15, -0.1) is 0 Å². The molecule has 1 N–H and O–H groups in total. The predicted octanol–water partition coefficient (Wildman–Crippen LogP) is 3.18. The normalized spacial score (nSPS) is 10.5. The minimum Gasteiger partial charge on any atom is -0.477 e. The first-order chi connectivity index (χ1) is 8.00. The van der Waals surface area contributed by atoms with Crippen molar-refractivity contribution in [1.82, 2.24) is 4.57 Å². The molecular formula is C12H9ClFNO2. The van der Waals surface area contributed by atoms with Crippen LogP contribution in [0.5, 0.6) is 0 Å². The lowest BCUT2D eigenvalue weighted by Gasteiger charge is -2.06. The van der Waals surface area contributed by atoms with E-state index in [2.05, 4.69) is 0 Å². The van der Waals surface area contributed by atoms with Gasteiger partial charge in [-0.3, -0.25) is 0 Å². The molecule has 0 radical (unpaired) electrons. The Morgan fingerprint density at radius 3 is 2.59 bits per heavy atom. The van der Waals surface area contributed by atoms with Crippen molar-refractivity contribution in [3.63, 3.8) is 0 Å². The molecule has 3 nitrogen and oxygen atoms in total. The Balaban J connectivity index is 2.57. The molecule has 0 amide bonds. The zero-order valence-electron chi connectivity index (χ0n) is 8.95. The monoisotopic (exact) mass is 253 g/mol. The van der Waals surface area contributed by atoms with Crippen LogP contribution in [0, 0.1) is 5.82 Å². The number of hydrogen-bond acceptors (Lipinski definition) is 1. The van der Waals surface area contributed by atoms with E-state index in [4.69, 9.17) is 16.7 Å². The van der Waals surface area contributed by atoms with Crippen LogP contribution in [0.1, 0.15) is 10.5 Å². The fourth-order valence-electron chi connectivity index (χ4n) is 1.69. The molecule has 5 heteroatoms. The number of hydrogen-bond donors (Lipinski definition) is 1. The van der Waals surface area contributed by atoms with Gasteiger partial charge in [0.15, 0.2) is 0 Å². The van der Waals surface area contributed by atoms with Gasteiger partial charge in [-0.1, -0.05) is 11.6 Å².